The Balaban J connectivity index is 2.16. The third kappa shape index (κ3) is 3.71. The van der Waals surface area contributed by atoms with Crippen LogP contribution in [0.1, 0.15) is 42.2 Å². The summed E-state index contributed by atoms with van der Waals surface area (Å²) in [6.45, 7) is 3.62. The van der Waals surface area contributed by atoms with E-state index in [-0.39, 0.29) is 10.6 Å². The van der Waals surface area contributed by atoms with Crippen LogP contribution >= 0.6 is 11.3 Å². The number of hydrogen-bond donors (Lipinski definition) is 1. The van der Waals surface area contributed by atoms with Gasteiger partial charge < -0.3 is 10.1 Å². The predicted molar refractivity (Wildman–Crippen MR) is 108 cm³/mol. The summed E-state index contributed by atoms with van der Waals surface area (Å²) in [5.74, 6) is -1.31. The van der Waals surface area contributed by atoms with Crippen LogP contribution < -0.4 is 5.32 Å². The molecule has 0 saturated carbocycles. The average Bonchev–Trinajstić information content (AvgIpc) is 3.14. The number of nitro groups is 1. The largest absolute Gasteiger partial charge is 0.466 e. The maximum Gasteiger partial charge on any atom is 0.336 e. The summed E-state index contributed by atoms with van der Waals surface area (Å²) in [7, 11) is 1.29. The molecule has 6 nitrogen and oxygen atoms in total. The van der Waals surface area contributed by atoms with Crippen molar-refractivity contribution >= 4 is 17.3 Å². The van der Waals surface area contributed by atoms with E-state index in [0.717, 1.165) is 16.0 Å². The minimum Gasteiger partial charge on any atom is -0.466 e. The first kappa shape index (κ1) is 19.8. The van der Waals surface area contributed by atoms with Crippen molar-refractivity contribution < 1.29 is 14.5 Å². The van der Waals surface area contributed by atoms with Crippen LogP contribution in [-0.4, -0.2) is 18.0 Å². The minimum atomic E-state index is -0.761. The van der Waals surface area contributed by atoms with E-state index in [9.17, 15) is 14.9 Å². The van der Waals surface area contributed by atoms with Gasteiger partial charge in [-0.2, -0.15) is 0 Å². The van der Waals surface area contributed by atoms with Crippen LogP contribution in [0, 0.1) is 10.1 Å². The molecule has 2 aromatic rings. The molecule has 1 aliphatic heterocycles. The normalized spacial score (nSPS) is 16.8. The monoisotopic (exact) mass is 398 g/mol. The number of methoxy groups -OCH3 is 1. The van der Waals surface area contributed by atoms with Crippen LogP contribution in [0.25, 0.3) is 0 Å². The standard InChI is InChI=1S/C21H22N2O4S/c1-4-16-20(23(25)26)19(18(13(2)22-16)21(24)27-3)15-10-11-28-17(15)12-14-8-6-5-7-9-14/h5-11,19,22H,4,12H2,1-3H3. The molecule has 1 N–H and O–H groups in total. The Kier molecular flexibility index (Phi) is 5.94. The van der Waals surface area contributed by atoms with Crippen molar-refractivity contribution in [1.82, 2.24) is 5.32 Å². The lowest BCUT2D eigenvalue weighted by Gasteiger charge is -2.27. The van der Waals surface area contributed by atoms with Crippen molar-refractivity contribution in [2.75, 3.05) is 7.11 Å². The average molecular weight is 398 g/mol. The second-order valence-corrected chi connectivity index (χ2v) is 7.52. The molecule has 0 spiro atoms. The number of carbonyl (C=O) groups is 1. The van der Waals surface area contributed by atoms with Gasteiger partial charge in [0, 0.05) is 17.0 Å². The Morgan fingerprint density at radius 2 is 2.00 bits per heavy atom. The van der Waals surface area contributed by atoms with Gasteiger partial charge in [-0.25, -0.2) is 4.79 Å². The highest BCUT2D eigenvalue weighted by Crippen LogP contribution is 2.42. The first-order valence-corrected chi connectivity index (χ1v) is 9.89. The lowest BCUT2D eigenvalue weighted by Crippen LogP contribution is -2.32. The number of allylic oxidation sites excluding steroid dienone is 3. The second kappa shape index (κ2) is 8.39. The zero-order chi connectivity index (χ0) is 20.3. The van der Waals surface area contributed by atoms with Crippen molar-refractivity contribution in [3.63, 3.8) is 0 Å². The number of carbonyl (C=O) groups excluding carboxylic acids is 1. The lowest BCUT2D eigenvalue weighted by molar-refractivity contribution is -0.431. The number of ether oxygens (including phenoxy) is 1. The van der Waals surface area contributed by atoms with Crippen molar-refractivity contribution in [2.24, 2.45) is 0 Å². The summed E-state index contributed by atoms with van der Waals surface area (Å²) in [5, 5.41) is 17.0. The van der Waals surface area contributed by atoms with Crippen molar-refractivity contribution in [3.05, 3.63) is 90.6 Å². The van der Waals surface area contributed by atoms with Crippen LogP contribution in [0.5, 0.6) is 0 Å². The molecule has 2 heterocycles. The fraction of sp³-hybridized carbons (Fsp3) is 0.286. The Morgan fingerprint density at radius 1 is 1.29 bits per heavy atom. The first-order valence-electron chi connectivity index (χ1n) is 9.01. The fourth-order valence-electron chi connectivity index (χ4n) is 3.59. The summed E-state index contributed by atoms with van der Waals surface area (Å²) in [6.07, 6.45) is 1.12. The van der Waals surface area contributed by atoms with Gasteiger partial charge in [0.15, 0.2) is 0 Å². The number of nitrogens with zero attached hydrogens (tertiary/aromatic N) is 1. The Hall–Kier alpha value is -2.93. The Morgan fingerprint density at radius 3 is 2.61 bits per heavy atom. The molecule has 3 rings (SSSR count). The molecule has 28 heavy (non-hydrogen) atoms. The predicted octanol–water partition coefficient (Wildman–Crippen LogP) is 4.37. The molecule has 0 fully saturated rings. The van der Waals surface area contributed by atoms with Gasteiger partial charge in [0.1, 0.15) is 5.92 Å². The van der Waals surface area contributed by atoms with Crippen molar-refractivity contribution in [3.8, 4) is 0 Å². The van der Waals surface area contributed by atoms with Gasteiger partial charge >= 0.3 is 5.97 Å². The number of esters is 1. The third-order valence-corrected chi connectivity index (χ3v) is 5.80. The lowest BCUT2D eigenvalue weighted by atomic mass is 9.83. The van der Waals surface area contributed by atoms with Crippen LogP contribution in [0.2, 0.25) is 0 Å². The molecule has 0 saturated heterocycles. The summed E-state index contributed by atoms with van der Waals surface area (Å²) >= 11 is 1.54. The number of dihydropyridines is 1. The van der Waals surface area contributed by atoms with Gasteiger partial charge in [0.2, 0.25) is 0 Å². The second-order valence-electron chi connectivity index (χ2n) is 6.52. The Labute approximate surface area is 167 Å². The number of nitrogens with one attached hydrogen (secondary N) is 1. The SMILES string of the molecule is CCC1=C([N+](=O)[O-])C(c2ccsc2Cc2ccccc2)C(C(=O)OC)=C(C)N1. The molecule has 1 aromatic heterocycles. The number of hydrogen-bond acceptors (Lipinski definition) is 6. The van der Waals surface area contributed by atoms with E-state index in [1.165, 1.54) is 7.11 Å². The summed E-state index contributed by atoms with van der Waals surface area (Å²) in [4.78, 5) is 25.2. The number of benzene rings is 1. The molecular formula is C21H22N2O4S. The van der Waals surface area contributed by atoms with Gasteiger partial charge in [0.25, 0.3) is 5.70 Å². The van der Waals surface area contributed by atoms with Gasteiger partial charge in [-0.15, -0.1) is 11.3 Å². The fourth-order valence-corrected chi connectivity index (χ4v) is 4.54. The molecule has 0 radical (unpaired) electrons. The van der Waals surface area contributed by atoms with Crippen LogP contribution in [0.15, 0.2) is 64.4 Å². The van der Waals surface area contributed by atoms with Crippen LogP contribution in [0.4, 0.5) is 0 Å². The van der Waals surface area contributed by atoms with Gasteiger partial charge in [-0.3, -0.25) is 10.1 Å². The minimum absolute atomic E-state index is 0.0150. The molecule has 1 atom stereocenters. The highest BCUT2D eigenvalue weighted by Gasteiger charge is 2.42. The molecule has 0 amide bonds. The van der Waals surface area contributed by atoms with Crippen molar-refractivity contribution in [2.45, 2.75) is 32.6 Å². The van der Waals surface area contributed by atoms with E-state index in [1.807, 2.05) is 48.7 Å². The van der Waals surface area contributed by atoms with Crippen molar-refractivity contribution in [1.29, 1.82) is 0 Å². The van der Waals surface area contributed by atoms with Gasteiger partial charge in [-0.05, 0) is 35.9 Å². The molecule has 146 valence electrons. The van der Waals surface area contributed by atoms with Gasteiger partial charge in [-0.1, -0.05) is 37.3 Å². The third-order valence-electron chi connectivity index (χ3n) is 4.87. The maximum absolute atomic E-state index is 12.6. The Bertz CT molecular complexity index is 960. The van der Waals surface area contributed by atoms with E-state index in [0.29, 0.717) is 29.8 Å². The van der Waals surface area contributed by atoms with Gasteiger partial charge in [0.05, 0.1) is 23.3 Å². The molecular weight excluding hydrogens is 376 g/mol. The maximum atomic E-state index is 12.6. The van der Waals surface area contributed by atoms with E-state index in [1.54, 1.807) is 18.3 Å². The molecule has 7 heteroatoms. The smallest absolute Gasteiger partial charge is 0.336 e. The molecule has 1 aromatic carbocycles. The molecule has 1 aliphatic rings. The summed E-state index contributed by atoms with van der Waals surface area (Å²) in [5.41, 5.74) is 3.32. The zero-order valence-electron chi connectivity index (χ0n) is 16.0. The van der Waals surface area contributed by atoms with Crippen LogP contribution in [-0.2, 0) is 16.0 Å². The summed E-state index contributed by atoms with van der Waals surface area (Å²) in [6, 6.07) is 11.8. The molecule has 0 aliphatic carbocycles. The van der Waals surface area contributed by atoms with Crippen LogP contribution in [0.3, 0.4) is 0 Å². The number of rotatable bonds is 6. The zero-order valence-corrected chi connectivity index (χ0v) is 16.8. The first-order chi connectivity index (χ1) is 13.5. The van der Waals surface area contributed by atoms with E-state index < -0.39 is 11.9 Å². The van der Waals surface area contributed by atoms with E-state index in [4.69, 9.17) is 4.74 Å². The van der Waals surface area contributed by atoms with E-state index in [2.05, 4.69) is 5.32 Å². The highest BCUT2D eigenvalue weighted by molar-refractivity contribution is 7.10. The topological polar surface area (TPSA) is 81.5 Å². The quantitative estimate of drug-likeness (QED) is 0.444. The highest BCUT2D eigenvalue weighted by atomic mass is 32.1. The summed E-state index contributed by atoms with van der Waals surface area (Å²) < 4.78 is 4.96. The molecule has 0 bridgehead atoms. The molecule has 1 unspecified atom stereocenters. The number of thiophene rings is 1. The van der Waals surface area contributed by atoms with E-state index >= 15 is 0 Å².